The Morgan fingerprint density at radius 2 is 1.89 bits per heavy atom. The van der Waals surface area contributed by atoms with Crippen molar-refractivity contribution in [3.63, 3.8) is 0 Å². The molecule has 0 spiro atoms. The fourth-order valence-corrected chi connectivity index (χ4v) is 3.92. The summed E-state index contributed by atoms with van der Waals surface area (Å²) >= 11 is 0. The first-order valence-corrected chi connectivity index (χ1v) is 9.53. The molecule has 3 aromatic rings. The molecule has 0 aliphatic carbocycles. The molecule has 0 unspecified atom stereocenters. The molecule has 1 atom stereocenters. The van der Waals surface area contributed by atoms with Crippen LogP contribution < -0.4 is 0 Å². The van der Waals surface area contributed by atoms with Gasteiger partial charge in [-0.1, -0.05) is 42.5 Å². The van der Waals surface area contributed by atoms with Gasteiger partial charge in [0.05, 0.1) is 24.1 Å². The molecule has 0 N–H and O–H groups in total. The third-order valence-electron chi connectivity index (χ3n) is 5.59. The predicted octanol–water partition coefficient (Wildman–Crippen LogP) is 3.02. The summed E-state index contributed by atoms with van der Waals surface area (Å²) in [4.78, 5) is 21.5. The summed E-state index contributed by atoms with van der Waals surface area (Å²) in [6.45, 7) is 2.94. The molecular weight excluding hydrogens is 336 g/mol. The summed E-state index contributed by atoms with van der Waals surface area (Å²) in [5, 5.41) is 0. The van der Waals surface area contributed by atoms with Crippen molar-refractivity contribution in [2.75, 3.05) is 26.7 Å². The lowest BCUT2D eigenvalue weighted by molar-refractivity contribution is -0.131. The maximum absolute atomic E-state index is 12.7. The summed E-state index contributed by atoms with van der Waals surface area (Å²) in [5.41, 5.74) is 3.44. The number of fused-ring (bicyclic) bond motifs is 1. The molecule has 5 heteroatoms. The first-order chi connectivity index (χ1) is 13.1. The number of amides is 1. The number of nitrogens with zero attached hydrogens (tertiary/aromatic N) is 4. The number of benzene rings is 2. The Balaban J connectivity index is 1.36. The summed E-state index contributed by atoms with van der Waals surface area (Å²) in [5.74, 6) is 1.59. The molecule has 0 bridgehead atoms. The van der Waals surface area contributed by atoms with Crippen LogP contribution in [0.2, 0.25) is 0 Å². The van der Waals surface area contributed by atoms with Crippen molar-refractivity contribution in [1.82, 2.24) is 19.4 Å². The standard InChI is InChI=1S/C22H26N4O/c1-24(15-21-23-19-10-6-7-11-20(19)25(21)2)22(27)16-26-13-12-18(14-26)17-8-4-3-5-9-17/h3-11,18H,12-16H2,1-2H3/t18-/m0/s1. The normalized spacial score (nSPS) is 17.5. The molecule has 1 saturated heterocycles. The van der Waals surface area contributed by atoms with Crippen molar-refractivity contribution >= 4 is 16.9 Å². The summed E-state index contributed by atoms with van der Waals surface area (Å²) in [6, 6.07) is 18.7. The predicted molar refractivity (Wildman–Crippen MR) is 107 cm³/mol. The van der Waals surface area contributed by atoms with E-state index in [4.69, 9.17) is 0 Å². The van der Waals surface area contributed by atoms with E-state index in [-0.39, 0.29) is 5.91 Å². The molecule has 1 fully saturated rings. The zero-order chi connectivity index (χ0) is 18.8. The van der Waals surface area contributed by atoms with Gasteiger partial charge < -0.3 is 9.47 Å². The highest BCUT2D eigenvalue weighted by Gasteiger charge is 2.26. The monoisotopic (exact) mass is 362 g/mol. The van der Waals surface area contributed by atoms with E-state index in [1.54, 1.807) is 4.90 Å². The second kappa shape index (κ2) is 7.53. The SMILES string of the molecule is CN(Cc1nc2ccccc2n1C)C(=O)CN1CC[C@H](c2ccccc2)C1. The molecule has 5 nitrogen and oxygen atoms in total. The van der Waals surface area contributed by atoms with Crippen LogP contribution in [0.4, 0.5) is 0 Å². The molecule has 1 aromatic heterocycles. The summed E-state index contributed by atoms with van der Waals surface area (Å²) in [6.07, 6.45) is 1.12. The van der Waals surface area contributed by atoms with Gasteiger partial charge in [0.2, 0.25) is 5.91 Å². The molecule has 0 radical (unpaired) electrons. The van der Waals surface area contributed by atoms with E-state index < -0.39 is 0 Å². The number of para-hydroxylation sites is 2. The Kier molecular flexibility index (Phi) is 4.94. The van der Waals surface area contributed by atoms with Crippen molar-refractivity contribution in [3.05, 3.63) is 66.0 Å². The third-order valence-corrected chi connectivity index (χ3v) is 5.59. The topological polar surface area (TPSA) is 41.4 Å². The van der Waals surface area contributed by atoms with Crippen LogP contribution in [0.5, 0.6) is 0 Å². The van der Waals surface area contributed by atoms with E-state index in [1.807, 2.05) is 32.3 Å². The van der Waals surface area contributed by atoms with Gasteiger partial charge in [-0.25, -0.2) is 4.98 Å². The minimum atomic E-state index is 0.149. The average Bonchev–Trinajstić information content (AvgIpc) is 3.28. The van der Waals surface area contributed by atoms with E-state index in [0.717, 1.165) is 36.4 Å². The molecule has 0 saturated carbocycles. The van der Waals surface area contributed by atoms with Gasteiger partial charge in [-0.15, -0.1) is 0 Å². The van der Waals surface area contributed by atoms with E-state index >= 15 is 0 Å². The van der Waals surface area contributed by atoms with Crippen molar-refractivity contribution < 1.29 is 4.79 Å². The van der Waals surface area contributed by atoms with Gasteiger partial charge in [0, 0.05) is 20.6 Å². The van der Waals surface area contributed by atoms with E-state index in [0.29, 0.717) is 19.0 Å². The van der Waals surface area contributed by atoms with E-state index in [9.17, 15) is 4.79 Å². The quantitative estimate of drug-likeness (QED) is 0.701. The number of hydrogen-bond acceptors (Lipinski definition) is 3. The van der Waals surface area contributed by atoms with Gasteiger partial charge in [0.25, 0.3) is 0 Å². The van der Waals surface area contributed by atoms with Gasteiger partial charge in [0.15, 0.2) is 0 Å². The maximum atomic E-state index is 12.7. The van der Waals surface area contributed by atoms with Gasteiger partial charge in [-0.3, -0.25) is 9.69 Å². The third kappa shape index (κ3) is 3.74. The number of aryl methyl sites for hydroxylation is 1. The molecule has 1 amide bonds. The van der Waals surface area contributed by atoms with Crippen LogP contribution in [-0.4, -0.2) is 51.9 Å². The molecule has 2 heterocycles. The largest absolute Gasteiger partial charge is 0.337 e. The van der Waals surface area contributed by atoms with Gasteiger partial charge in [0.1, 0.15) is 5.82 Å². The second-order valence-electron chi connectivity index (χ2n) is 7.46. The van der Waals surface area contributed by atoms with Gasteiger partial charge in [-0.05, 0) is 36.6 Å². The Bertz CT molecular complexity index is 934. The number of imidazole rings is 1. The molecule has 140 valence electrons. The van der Waals surface area contributed by atoms with Crippen LogP contribution in [0.3, 0.4) is 0 Å². The Morgan fingerprint density at radius 1 is 1.15 bits per heavy atom. The van der Waals surface area contributed by atoms with Gasteiger partial charge in [-0.2, -0.15) is 0 Å². The lowest BCUT2D eigenvalue weighted by Crippen LogP contribution is -2.37. The lowest BCUT2D eigenvalue weighted by Gasteiger charge is -2.21. The minimum Gasteiger partial charge on any atom is -0.337 e. The minimum absolute atomic E-state index is 0.149. The number of hydrogen-bond donors (Lipinski definition) is 0. The van der Waals surface area contributed by atoms with Crippen molar-refractivity contribution in [1.29, 1.82) is 0 Å². The van der Waals surface area contributed by atoms with Crippen molar-refractivity contribution in [3.8, 4) is 0 Å². The molecule has 2 aromatic carbocycles. The first kappa shape index (κ1) is 17.7. The Hall–Kier alpha value is -2.66. The van der Waals surface area contributed by atoms with Crippen LogP contribution in [0.15, 0.2) is 54.6 Å². The number of aromatic nitrogens is 2. The number of carbonyl (C=O) groups excluding carboxylic acids is 1. The molecule has 27 heavy (non-hydrogen) atoms. The average molecular weight is 362 g/mol. The highest BCUT2D eigenvalue weighted by molar-refractivity contribution is 5.78. The Morgan fingerprint density at radius 3 is 2.67 bits per heavy atom. The smallest absolute Gasteiger partial charge is 0.236 e. The first-order valence-electron chi connectivity index (χ1n) is 9.53. The Labute approximate surface area is 160 Å². The summed E-state index contributed by atoms with van der Waals surface area (Å²) < 4.78 is 2.07. The summed E-state index contributed by atoms with van der Waals surface area (Å²) in [7, 11) is 3.88. The van der Waals surface area contributed by atoms with Crippen LogP contribution in [0.25, 0.3) is 11.0 Å². The zero-order valence-electron chi connectivity index (χ0n) is 16.0. The number of likely N-dealkylation sites (tertiary alicyclic amines) is 1. The highest BCUT2D eigenvalue weighted by atomic mass is 16.2. The van der Waals surface area contributed by atoms with Gasteiger partial charge >= 0.3 is 0 Å². The number of rotatable bonds is 5. The molecule has 4 rings (SSSR count). The highest BCUT2D eigenvalue weighted by Crippen LogP contribution is 2.26. The number of carbonyl (C=O) groups is 1. The van der Waals surface area contributed by atoms with Crippen LogP contribution in [-0.2, 0) is 18.4 Å². The number of likely N-dealkylation sites (N-methyl/N-ethyl adjacent to an activating group) is 1. The fraction of sp³-hybridized carbons (Fsp3) is 0.364. The van der Waals surface area contributed by atoms with Crippen molar-refractivity contribution in [2.24, 2.45) is 7.05 Å². The van der Waals surface area contributed by atoms with E-state index in [2.05, 4.69) is 50.8 Å². The molecular formula is C22H26N4O. The van der Waals surface area contributed by atoms with Crippen LogP contribution in [0.1, 0.15) is 23.7 Å². The zero-order valence-corrected chi connectivity index (χ0v) is 16.0. The van der Waals surface area contributed by atoms with Crippen LogP contribution in [0, 0.1) is 0 Å². The fourth-order valence-electron chi connectivity index (χ4n) is 3.92. The van der Waals surface area contributed by atoms with Crippen molar-refractivity contribution in [2.45, 2.75) is 18.9 Å². The molecule has 1 aliphatic heterocycles. The maximum Gasteiger partial charge on any atom is 0.236 e. The lowest BCUT2D eigenvalue weighted by atomic mass is 9.99. The second-order valence-corrected chi connectivity index (χ2v) is 7.46. The van der Waals surface area contributed by atoms with Crippen LogP contribution >= 0.6 is 0 Å². The molecule has 1 aliphatic rings. The van der Waals surface area contributed by atoms with E-state index in [1.165, 1.54) is 5.56 Å².